The van der Waals surface area contributed by atoms with E-state index in [0.29, 0.717) is 5.52 Å². The predicted molar refractivity (Wildman–Crippen MR) is 146 cm³/mol. The number of hydrogen-bond acceptors (Lipinski definition) is 8. The molecule has 37 heavy (non-hydrogen) atoms. The Balaban J connectivity index is 1.42. The first-order valence-corrected chi connectivity index (χ1v) is 14.0. The summed E-state index contributed by atoms with van der Waals surface area (Å²) in [6.07, 6.45) is 0. The van der Waals surface area contributed by atoms with Gasteiger partial charge in [-0.2, -0.15) is 0 Å². The van der Waals surface area contributed by atoms with Crippen molar-refractivity contribution in [3.63, 3.8) is 0 Å². The van der Waals surface area contributed by atoms with E-state index in [1.165, 1.54) is 47.7 Å². The van der Waals surface area contributed by atoms with E-state index in [-0.39, 0.29) is 25.3 Å². The van der Waals surface area contributed by atoms with E-state index in [1.54, 1.807) is 18.2 Å². The average molecular weight is 574 g/mol. The number of aromatic nitrogens is 2. The van der Waals surface area contributed by atoms with E-state index >= 15 is 0 Å². The molecule has 0 spiro atoms. The standard InChI is InChI=1S/C23H16ClN5O5S3/c24-19-9-10-20(36-19)37(33,34)27-22(31)26-14-4-6-15(7-5-14)28-21(30)16-8-3-13(18-2-1-11-35-18)12-17(16)29(25)23(28)32/h1-12H,25H2,(H2,26,27,31). The van der Waals surface area contributed by atoms with Gasteiger partial charge in [0.1, 0.15) is 4.21 Å². The summed E-state index contributed by atoms with van der Waals surface area (Å²) in [6, 6.07) is 16.3. The number of nitrogen functional groups attached to an aromatic ring is 1. The number of sulfonamides is 1. The van der Waals surface area contributed by atoms with Gasteiger partial charge in [-0.25, -0.2) is 32.0 Å². The Hall–Kier alpha value is -3.91. The van der Waals surface area contributed by atoms with E-state index in [1.807, 2.05) is 22.2 Å². The second-order valence-electron chi connectivity index (χ2n) is 7.67. The summed E-state index contributed by atoms with van der Waals surface area (Å²) >= 11 is 8.09. The van der Waals surface area contributed by atoms with Gasteiger partial charge in [-0.15, -0.1) is 22.7 Å². The molecule has 0 aliphatic heterocycles. The van der Waals surface area contributed by atoms with Crippen LogP contribution in [0.15, 0.2) is 85.9 Å². The molecule has 0 saturated heterocycles. The third-order valence-corrected chi connectivity index (χ3v) is 9.29. The van der Waals surface area contributed by atoms with Crippen LogP contribution in [0.4, 0.5) is 10.5 Å². The molecule has 14 heteroatoms. The summed E-state index contributed by atoms with van der Waals surface area (Å²) < 4.78 is 28.4. The van der Waals surface area contributed by atoms with Gasteiger partial charge in [0.15, 0.2) is 0 Å². The van der Waals surface area contributed by atoms with Gasteiger partial charge in [-0.05, 0) is 65.5 Å². The van der Waals surface area contributed by atoms with E-state index in [0.717, 1.165) is 31.0 Å². The maximum Gasteiger partial charge on any atom is 0.354 e. The first-order valence-electron chi connectivity index (χ1n) is 10.4. The lowest BCUT2D eigenvalue weighted by Gasteiger charge is -2.12. The molecule has 188 valence electrons. The number of benzene rings is 2. The first kappa shape index (κ1) is 24.8. The van der Waals surface area contributed by atoms with Crippen LogP contribution in [0.5, 0.6) is 0 Å². The van der Waals surface area contributed by atoms with Gasteiger partial charge in [-0.3, -0.25) is 4.79 Å². The molecule has 0 fully saturated rings. The second-order valence-corrected chi connectivity index (χ2v) is 12.2. The monoisotopic (exact) mass is 573 g/mol. The number of nitrogens with one attached hydrogen (secondary N) is 2. The van der Waals surface area contributed by atoms with Crippen LogP contribution in [-0.2, 0) is 10.0 Å². The Labute approximate surface area is 222 Å². The minimum absolute atomic E-state index is 0.112. The summed E-state index contributed by atoms with van der Waals surface area (Å²) in [5, 5.41) is 4.57. The maximum absolute atomic E-state index is 13.2. The van der Waals surface area contributed by atoms with Gasteiger partial charge in [-0.1, -0.05) is 23.7 Å². The quantitative estimate of drug-likeness (QED) is 0.273. The molecule has 0 radical (unpaired) electrons. The predicted octanol–water partition coefficient (Wildman–Crippen LogP) is 3.82. The normalized spacial score (nSPS) is 11.5. The molecule has 0 saturated carbocycles. The molecule has 5 rings (SSSR count). The zero-order valence-electron chi connectivity index (χ0n) is 18.5. The molecule has 2 amide bonds. The highest BCUT2D eigenvalue weighted by molar-refractivity contribution is 7.92. The zero-order valence-corrected chi connectivity index (χ0v) is 21.7. The summed E-state index contributed by atoms with van der Waals surface area (Å²) in [6.45, 7) is 0. The number of rotatable bonds is 5. The van der Waals surface area contributed by atoms with Crippen LogP contribution < -0.4 is 27.1 Å². The number of anilines is 1. The lowest BCUT2D eigenvalue weighted by atomic mass is 10.1. The van der Waals surface area contributed by atoms with Crippen molar-refractivity contribution >= 4 is 66.9 Å². The SMILES string of the molecule is Nn1c(=O)n(-c2ccc(NC(=O)NS(=O)(=O)c3ccc(Cl)s3)cc2)c(=O)c2ccc(-c3cccs3)cc21. The van der Waals surface area contributed by atoms with Gasteiger partial charge in [0.25, 0.3) is 15.6 Å². The van der Waals surface area contributed by atoms with Gasteiger partial charge in [0, 0.05) is 10.6 Å². The molecule has 0 unspecified atom stereocenters. The largest absolute Gasteiger partial charge is 0.354 e. The molecule has 10 nitrogen and oxygen atoms in total. The van der Waals surface area contributed by atoms with E-state index < -0.39 is 27.3 Å². The number of thiophene rings is 2. The molecule has 3 heterocycles. The molecular weight excluding hydrogens is 558 g/mol. The highest BCUT2D eigenvalue weighted by Crippen LogP contribution is 2.27. The number of fused-ring (bicyclic) bond motifs is 1. The summed E-state index contributed by atoms with van der Waals surface area (Å²) in [4.78, 5) is 39.4. The van der Waals surface area contributed by atoms with Crippen molar-refractivity contribution in [2.45, 2.75) is 4.21 Å². The number of carbonyl (C=O) groups excluding carboxylic acids is 1. The fraction of sp³-hybridized carbons (Fsp3) is 0. The lowest BCUT2D eigenvalue weighted by molar-refractivity contribution is 0.256. The fourth-order valence-electron chi connectivity index (χ4n) is 3.62. The minimum atomic E-state index is -4.10. The van der Waals surface area contributed by atoms with Gasteiger partial charge in [0.2, 0.25) is 0 Å². The molecule has 2 aromatic carbocycles. The first-order chi connectivity index (χ1) is 17.6. The molecule has 4 N–H and O–H groups in total. The Morgan fingerprint density at radius 3 is 2.41 bits per heavy atom. The number of urea groups is 1. The third kappa shape index (κ3) is 4.76. The van der Waals surface area contributed by atoms with Crippen molar-refractivity contribution in [3.05, 3.63) is 97.3 Å². The van der Waals surface area contributed by atoms with Crippen LogP contribution in [0.1, 0.15) is 0 Å². The Bertz CT molecular complexity index is 1870. The maximum atomic E-state index is 13.2. The number of amides is 2. The van der Waals surface area contributed by atoms with E-state index in [4.69, 9.17) is 17.4 Å². The number of hydrogen-bond donors (Lipinski definition) is 3. The molecule has 0 aliphatic carbocycles. The molecule has 0 aliphatic rings. The lowest BCUT2D eigenvalue weighted by Crippen LogP contribution is -2.42. The second kappa shape index (κ2) is 9.52. The van der Waals surface area contributed by atoms with Gasteiger partial charge >= 0.3 is 11.7 Å². The Morgan fingerprint density at radius 2 is 1.76 bits per heavy atom. The fourth-order valence-corrected chi connectivity index (χ4v) is 6.73. The topological polar surface area (TPSA) is 145 Å². The van der Waals surface area contributed by atoms with Crippen molar-refractivity contribution in [3.8, 4) is 16.1 Å². The smallest absolute Gasteiger partial charge is 0.335 e. The number of halogens is 1. The summed E-state index contributed by atoms with van der Waals surface area (Å²) in [7, 11) is -4.10. The molecule has 3 aromatic heterocycles. The van der Waals surface area contributed by atoms with E-state index in [2.05, 4.69) is 5.32 Å². The van der Waals surface area contributed by atoms with Crippen molar-refractivity contribution < 1.29 is 13.2 Å². The highest BCUT2D eigenvalue weighted by atomic mass is 35.5. The van der Waals surface area contributed by atoms with Crippen LogP contribution in [0.25, 0.3) is 27.0 Å². The zero-order chi connectivity index (χ0) is 26.3. The van der Waals surface area contributed by atoms with Crippen LogP contribution in [0.2, 0.25) is 4.34 Å². The average Bonchev–Trinajstić information content (AvgIpc) is 3.56. The molecule has 0 atom stereocenters. The Kier molecular flexibility index (Phi) is 6.37. The number of carbonyl (C=O) groups is 1. The molecule has 5 aromatic rings. The van der Waals surface area contributed by atoms with Gasteiger partial charge in [0.05, 0.1) is 20.9 Å². The molecular formula is C23H16ClN5O5S3. The van der Waals surface area contributed by atoms with Crippen LogP contribution in [0.3, 0.4) is 0 Å². The Morgan fingerprint density at radius 1 is 1.00 bits per heavy atom. The minimum Gasteiger partial charge on any atom is -0.335 e. The number of nitrogens with two attached hydrogens (primary N) is 1. The molecule has 0 bridgehead atoms. The third-order valence-electron chi connectivity index (χ3n) is 5.32. The van der Waals surface area contributed by atoms with Crippen molar-refractivity contribution in [2.24, 2.45) is 0 Å². The van der Waals surface area contributed by atoms with E-state index in [9.17, 15) is 22.8 Å². The van der Waals surface area contributed by atoms with Crippen molar-refractivity contribution in [2.75, 3.05) is 11.2 Å². The summed E-state index contributed by atoms with van der Waals surface area (Å²) in [5.41, 5.74) is 0.253. The highest BCUT2D eigenvalue weighted by Gasteiger charge is 2.20. The van der Waals surface area contributed by atoms with Crippen molar-refractivity contribution in [1.82, 2.24) is 14.0 Å². The van der Waals surface area contributed by atoms with Crippen molar-refractivity contribution in [1.29, 1.82) is 0 Å². The summed E-state index contributed by atoms with van der Waals surface area (Å²) in [5.74, 6) is 6.07. The number of nitrogens with zero attached hydrogens (tertiary/aromatic N) is 2. The van der Waals surface area contributed by atoms with Crippen LogP contribution >= 0.6 is 34.3 Å². The van der Waals surface area contributed by atoms with Crippen LogP contribution in [-0.4, -0.2) is 23.7 Å². The van der Waals surface area contributed by atoms with Gasteiger partial charge < -0.3 is 11.2 Å². The van der Waals surface area contributed by atoms with Crippen LogP contribution in [0, 0.1) is 0 Å².